The summed E-state index contributed by atoms with van der Waals surface area (Å²) in [5.41, 5.74) is 0. The third-order valence-electron chi connectivity index (χ3n) is 2.92. The molecule has 8 nitrogen and oxygen atoms in total. The zero-order chi connectivity index (χ0) is 14.9. The second-order valence-corrected chi connectivity index (χ2v) is 4.55. The van der Waals surface area contributed by atoms with E-state index in [-0.39, 0.29) is 6.61 Å². The van der Waals surface area contributed by atoms with Gasteiger partial charge in [-0.1, -0.05) is 12.8 Å². The van der Waals surface area contributed by atoms with Crippen LogP contribution in [0.4, 0.5) is 11.9 Å². The van der Waals surface area contributed by atoms with Gasteiger partial charge >= 0.3 is 0 Å². The van der Waals surface area contributed by atoms with Gasteiger partial charge in [0, 0.05) is 32.6 Å². The van der Waals surface area contributed by atoms with Crippen molar-refractivity contribution in [2.24, 2.45) is 0 Å². The third kappa shape index (κ3) is 4.67. The molecule has 2 aromatic rings. The number of anilines is 2. The molecule has 114 valence electrons. The first kappa shape index (κ1) is 15.2. The van der Waals surface area contributed by atoms with Crippen LogP contribution in [-0.2, 0) is 0 Å². The van der Waals surface area contributed by atoms with E-state index in [1.807, 2.05) is 6.07 Å². The summed E-state index contributed by atoms with van der Waals surface area (Å²) in [6.07, 6.45) is 7.44. The van der Waals surface area contributed by atoms with Gasteiger partial charge in [-0.25, -0.2) is 4.68 Å². The number of hydrogen-bond donors (Lipinski definition) is 3. The Morgan fingerprint density at radius 2 is 1.90 bits per heavy atom. The van der Waals surface area contributed by atoms with Crippen molar-refractivity contribution in [1.82, 2.24) is 24.7 Å². The lowest BCUT2D eigenvalue weighted by Gasteiger charge is -2.08. The minimum atomic E-state index is 0.264. The highest BCUT2D eigenvalue weighted by Gasteiger charge is 2.07. The summed E-state index contributed by atoms with van der Waals surface area (Å²) < 4.78 is 1.59. The molecule has 0 atom stereocenters. The van der Waals surface area contributed by atoms with Crippen molar-refractivity contribution < 1.29 is 5.11 Å². The number of nitrogens with one attached hydrogen (secondary N) is 2. The first-order valence-corrected chi connectivity index (χ1v) is 7.12. The second kappa shape index (κ2) is 8.15. The van der Waals surface area contributed by atoms with Gasteiger partial charge in [0.05, 0.1) is 0 Å². The minimum absolute atomic E-state index is 0.264. The van der Waals surface area contributed by atoms with E-state index >= 15 is 0 Å². The van der Waals surface area contributed by atoms with Crippen LogP contribution < -0.4 is 10.6 Å². The topological polar surface area (TPSA) is 101 Å². The Balaban J connectivity index is 1.94. The highest BCUT2D eigenvalue weighted by atomic mass is 16.2. The SMILES string of the molecule is CNc1nc(NCCCCCCO)nc(-n2cccn2)n1. The number of hydrogen-bond acceptors (Lipinski definition) is 7. The number of aliphatic hydroxyl groups is 1. The minimum Gasteiger partial charge on any atom is -0.396 e. The number of unbranched alkanes of at least 4 members (excludes halogenated alkanes) is 3. The molecule has 3 N–H and O–H groups in total. The highest BCUT2D eigenvalue weighted by molar-refractivity contribution is 5.37. The van der Waals surface area contributed by atoms with Crippen molar-refractivity contribution in [3.8, 4) is 5.95 Å². The summed E-state index contributed by atoms with van der Waals surface area (Å²) >= 11 is 0. The number of rotatable bonds is 9. The molecule has 0 radical (unpaired) electrons. The Morgan fingerprint density at radius 3 is 2.62 bits per heavy atom. The lowest BCUT2D eigenvalue weighted by Crippen LogP contribution is -2.12. The Bertz CT molecular complexity index is 529. The van der Waals surface area contributed by atoms with Gasteiger partial charge in [-0.2, -0.15) is 20.1 Å². The van der Waals surface area contributed by atoms with Crippen molar-refractivity contribution in [2.75, 3.05) is 30.8 Å². The largest absolute Gasteiger partial charge is 0.396 e. The van der Waals surface area contributed by atoms with E-state index in [1.165, 1.54) is 0 Å². The van der Waals surface area contributed by atoms with Crippen molar-refractivity contribution in [2.45, 2.75) is 25.7 Å². The monoisotopic (exact) mass is 291 g/mol. The Kier molecular flexibility index (Phi) is 5.89. The molecule has 21 heavy (non-hydrogen) atoms. The maximum atomic E-state index is 8.72. The van der Waals surface area contributed by atoms with Gasteiger partial charge in [-0.3, -0.25) is 0 Å². The van der Waals surface area contributed by atoms with Gasteiger partial charge < -0.3 is 15.7 Å². The van der Waals surface area contributed by atoms with E-state index < -0.39 is 0 Å². The van der Waals surface area contributed by atoms with Crippen molar-refractivity contribution in [1.29, 1.82) is 0 Å². The average molecular weight is 291 g/mol. The molecule has 2 aromatic heterocycles. The molecule has 0 spiro atoms. The van der Waals surface area contributed by atoms with Crippen LogP contribution >= 0.6 is 0 Å². The molecular formula is C13H21N7O. The summed E-state index contributed by atoms with van der Waals surface area (Å²) in [4.78, 5) is 12.9. The fourth-order valence-electron chi connectivity index (χ4n) is 1.84. The maximum Gasteiger partial charge on any atom is 0.257 e. The van der Waals surface area contributed by atoms with E-state index in [9.17, 15) is 0 Å². The Labute approximate surface area is 123 Å². The maximum absolute atomic E-state index is 8.72. The first-order valence-electron chi connectivity index (χ1n) is 7.12. The van der Waals surface area contributed by atoms with Gasteiger partial charge in [0.25, 0.3) is 5.95 Å². The number of aromatic nitrogens is 5. The Morgan fingerprint density at radius 1 is 1.10 bits per heavy atom. The molecule has 0 saturated carbocycles. The molecule has 0 saturated heterocycles. The average Bonchev–Trinajstić information content (AvgIpc) is 3.05. The normalized spacial score (nSPS) is 10.6. The number of nitrogens with zero attached hydrogens (tertiary/aromatic N) is 5. The fourth-order valence-corrected chi connectivity index (χ4v) is 1.84. The number of aliphatic hydroxyl groups excluding tert-OH is 1. The summed E-state index contributed by atoms with van der Waals surface area (Å²) in [6, 6.07) is 1.82. The summed E-state index contributed by atoms with van der Waals surface area (Å²) in [7, 11) is 1.76. The van der Waals surface area contributed by atoms with Crippen LogP contribution in [0.1, 0.15) is 25.7 Å². The molecule has 0 unspecified atom stereocenters. The van der Waals surface area contributed by atoms with Crippen LogP contribution in [0.2, 0.25) is 0 Å². The molecule has 0 fully saturated rings. The highest BCUT2D eigenvalue weighted by Crippen LogP contribution is 2.08. The summed E-state index contributed by atoms with van der Waals surface area (Å²) in [6.45, 7) is 1.05. The zero-order valence-corrected chi connectivity index (χ0v) is 12.2. The lowest BCUT2D eigenvalue weighted by atomic mass is 10.2. The quantitative estimate of drug-likeness (QED) is 0.594. The summed E-state index contributed by atoms with van der Waals surface area (Å²) in [5, 5.41) is 18.9. The van der Waals surface area contributed by atoms with Crippen LogP contribution in [-0.4, -0.2) is 50.0 Å². The smallest absolute Gasteiger partial charge is 0.257 e. The molecule has 0 aromatic carbocycles. The predicted molar refractivity (Wildman–Crippen MR) is 80.5 cm³/mol. The molecule has 2 rings (SSSR count). The molecule has 0 aliphatic carbocycles. The van der Waals surface area contributed by atoms with Crippen LogP contribution in [0.25, 0.3) is 5.95 Å². The van der Waals surface area contributed by atoms with E-state index in [2.05, 4.69) is 30.7 Å². The zero-order valence-electron chi connectivity index (χ0n) is 12.2. The van der Waals surface area contributed by atoms with Crippen LogP contribution in [0, 0.1) is 0 Å². The van der Waals surface area contributed by atoms with Gasteiger partial charge in [-0.05, 0) is 18.9 Å². The van der Waals surface area contributed by atoms with Crippen molar-refractivity contribution in [3.05, 3.63) is 18.5 Å². The molecule has 8 heteroatoms. The lowest BCUT2D eigenvalue weighted by molar-refractivity contribution is 0.283. The van der Waals surface area contributed by atoms with Gasteiger partial charge in [-0.15, -0.1) is 0 Å². The standard InChI is InChI=1S/C13H21N7O/c1-14-11-17-12(15-7-4-2-3-5-10-21)19-13(18-11)20-9-6-8-16-20/h6,8-9,21H,2-5,7,10H2,1H3,(H2,14,15,17,18,19). The van der Waals surface area contributed by atoms with Gasteiger partial charge in [0.2, 0.25) is 11.9 Å². The van der Waals surface area contributed by atoms with Gasteiger partial charge in [0.15, 0.2) is 0 Å². The van der Waals surface area contributed by atoms with E-state index in [0.717, 1.165) is 32.2 Å². The summed E-state index contributed by atoms with van der Waals surface area (Å²) in [5.74, 6) is 1.50. The van der Waals surface area contributed by atoms with Crippen LogP contribution in [0.15, 0.2) is 18.5 Å². The van der Waals surface area contributed by atoms with Crippen molar-refractivity contribution >= 4 is 11.9 Å². The molecular weight excluding hydrogens is 270 g/mol. The van der Waals surface area contributed by atoms with E-state index in [0.29, 0.717) is 17.8 Å². The molecule has 0 aliphatic rings. The van der Waals surface area contributed by atoms with E-state index in [1.54, 1.807) is 24.1 Å². The molecule has 2 heterocycles. The van der Waals surface area contributed by atoms with Gasteiger partial charge in [0.1, 0.15) is 0 Å². The van der Waals surface area contributed by atoms with Crippen molar-refractivity contribution in [3.63, 3.8) is 0 Å². The molecule has 0 bridgehead atoms. The van der Waals surface area contributed by atoms with E-state index in [4.69, 9.17) is 5.11 Å². The molecule has 0 aliphatic heterocycles. The van der Waals surface area contributed by atoms with Crippen LogP contribution in [0.5, 0.6) is 0 Å². The predicted octanol–water partition coefficient (Wildman–Crippen LogP) is 1.06. The Hall–Kier alpha value is -2.22. The van der Waals surface area contributed by atoms with Crippen LogP contribution in [0.3, 0.4) is 0 Å². The fraction of sp³-hybridized carbons (Fsp3) is 0.538. The molecule has 0 amide bonds. The first-order chi connectivity index (χ1) is 10.3. The third-order valence-corrected chi connectivity index (χ3v) is 2.92. The second-order valence-electron chi connectivity index (χ2n) is 4.55.